The van der Waals surface area contributed by atoms with Crippen molar-refractivity contribution in [1.82, 2.24) is 4.90 Å². The van der Waals surface area contributed by atoms with E-state index in [0.29, 0.717) is 24.1 Å². The normalized spacial score (nSPS) is 23.1. The molecule has 1 aromatic carbocycles. The number of likely N-dealkylation sites (tertiary alicyclic amines) is 1. The van der Waals surface area contributed by atoms with E-state index in [2.05, 4.69) is 19.0 Å². The van der Waals surface area contributed by atoms with Crippen molar-refractivity contribution in [1.29, 1.82) is 0 Å². The average molecular weight is 289 g/mol. The van der Waals surface area contributed by atoms with E-state index >= 15 is 0 Å². The monoisotopic (exact) mass is 289 g/mol. The molecule has 1 saturated heterocycles. The van der Waals surface area contributed by atoms with Gasteiger partial charge in [-0.3, -0.25) is 4.79 Å². The number of oxime groups is 1. The number of rotatable bonds is 3. The Labute approximate surface area is 125 Å². The molecule has 0 spiro atoms. The maximum absolute atomic E-state index is 12.5. The Kier molecular flexibility index (Phi) is 4.83. The Bertz CT molecular complexity index is 515. The van der Waals surface area contributed by atoms with Crippen molar-refractivity contribution in [2.45, 2.75) is 51.6 Å². The van der Waals surface area contributed by atoms with Gasteiger partial charge in [-0.05, 0) is 38.7 Å². The molecule has 1 amide bonds. The van der Waals surface area contributed by atoms with Gasteiger partial charge >= 0.3 is 0 Å². The summed E-state index contributed by atoms with van der Waals surface area (Å²) in [6.07, 6.45) is 3.75. The molecule has 1 aromatic rings. The molecular weight excluding hydrogens is 266 g/mol. The van der Waals surface area contributed by atoms with Crippen molar-refractivity contribution < 1.29 is 10.0 Å². The van der Waals surface area contributed by atoms with Gasteiger partial charge in [-0.15, -0.1) is 0 Å². The van der Waals surface area contributed by atoms with E-state index in [0.717, 1.165) is 18.4 Å². The highest BCUT2D eigenvalue weighted by atomic mass is 16.4. The molecule has 21 heavy (non-hydrogen) atoms. The highest BCUT2D eigenvalue weighted by Crippen LogP contribution is 2.23. The Morgan fingerprint density at radius 2 is 1.86 bits per heavy atom. The van der Waals surface area contributed by atoms with Crippen molar-refractivity contribution in [3.05, 3.63) is 35.4 Å². The molecule has 1 aliphatic heterocycles. The summed E-state index contributed by atoms with van der Waals surface area (Å²) in [6.45, 7) is 4.24. The number of piperidine rings is 1. The van der Waals surface area contributed by atoms with Crippen molar-refractivity contribution >= 4 is 11.7 Å². The first-order valence-corrected chi connectivity index (χ1v) is 7.41. The van der Waals surface area contributed by atoms with Crippen molar-refractivity contribution in [3.8, 4) is 0 Å². The summed E-state index contributed by atoms with van der Waals surface area (Å²) in [5, 5.41) is 11.6. The summed E-state index contributed by atoms with van der Waals surface area (Å²) in [7, 11) is 0. The maximum atomic E-state index is 12.5. The van der Waals surface area contributed by atoms with E-state index in [1.807, 2.05) is 17.0 Å². The van der Waals surface area contributed by atoms with E-state index in [9.17, 15) is 4.79 Å². The highest BCUT2D eigenvalue weighted by molar-refractivity contribution is 5.97. The first kappa shape index (κ1) is 15.4. The van der Waals surface area contributed by atoms with Crippen LogP contribution in [-0.4, -0.2) is 33.9 Å². The number of nitrogens with zero attached hydrogens (tertiary/aromatic N) is 2. The van der Waals surface area contributed by atoms with Crippen LogP contribution < -0.4 is 5.73 Å². The predicted octanol–water partition coefficient (Wildman–Crippen LogP) is 2.11. The molecular formula is C16H23N3O2. The Morgan fingerprint density at radius 3 is 2.38 bits per heavy atom. The van der Waals surface area contributed by atoms with E-state index in [-0.39, 0.29) is 11.7 Å². The van der Waals surface area contributed by atoms with Crippen LogP contribution in [0.15, 0.2) is 29.4 Å². The minimum atomic E-state index is 0.0751. The average Bonchev–Trinajstić information content (AvgIpc) is 2.47. The molecule has 114 valence electrons. The van der Waals surface area contributed by atoms with E-state index in [1.54, 1.807) is 12.1 Å². The van der Waals surface area contributed by atoms with Crippen molar-refractivity contribution in [3.63, 3.8) is 0 Å². The number of amides is 1. The van der Waals surface area contributed by atoms with Gasteiger partial charge in [-0.25, -0.2) is 0 Å². The first-order valence-electron chi connectivity index (χ1n) is 7.41. The lowest BCUT2D eigenvalue weighted by atomic mass is 9.96. The maximum Gasteiger partial charge on any atom is 0.227 e. The Morgan fingerprint density at radius 1 is 1.29 bits per heavy atom. The lowest BCUT2D eigenvalue weighted by Gasteiger charge is -2.39. The summed E-state index contributed by atoms with van der Waals surface area (Å²) in [5.41, 5.74) is 7.11. The molecule has 0 aliphatic carbocycles. The second-order valence-corrected chi connectivity index (χ2v) is 5.79. The third-order valence-electron chi connectivity index (χ3n) is 4.19. The molecule has 2 rings (SSSR count). The number of benzene rings is 1. The fraction of sp³-hybridized carbons (Fsp3) is 0.500. The second-order valence-electron chi connectivity index (χ2n) is 5.79. The molecule has 2 atom stereocenters. The number of nitrogens with two attached hydrogens (primary N) is 1. The smallest absolute Gasteiger partial charge is 0.227 e. The molecule has 0 bridgehead atoms. The van der Waals surface area contributed by atoms with Crippen LogP contribution in [0.5, 0.6) is 0 Å². The topological polar surface area (TPSA) is 78.9 Å². The molecule has 1 heterocycles. The molecule has 0 aromatic heterocycles. The minimum absolute atomic E-state index is 0.0751. The van der Waals surface area contributed by atoms with Gasteiger partial charge in [0.15, 0.2) is 5.84 Å². The van der Waals surface area contributed by atoms with Crippen LogP contribution in [0.1, 0.15) is 44.2 Å². The van der Waals surface area contributed by atoms with Crippen LogP contribution >= 0.6 is 0 Å². The van der Waals surface area contributed by atoms with Crippen LogP contribution in [0, 0.1) is 0 Å². The standard InChI is InChI=1S/C16H23N3O2/c1-11-4-3-5-12(2)19(11)15(20)10-13-6-8-14(9-7-13)16(17)18-21/h6-9,11-12,21H,3-5,10H2,1-2H3,(H2,17,18)/t11-,12+. The fourth-order valence-electron chi connectivity index (χ4n) is 3.03. The Hall–Kier alpha value is -2.04. The number of amidine groups is 1. The molecule has 3 N–H and O–H groups in total. The number of carbonyl (C=O) groups excluding carboxylic acids is 1. The minimum Gasteiger partial charge on any atom is -0.409 e. The van der Waals surface area contributed by atoms with Gasteiger partial charge in [0.1, 0.15) is 0 Å². The molecule has 0 radical (unpaired) electrons. The van der Waals surface area contributed by atoms with E-state index < -0.39 is 0 Å². The van der Waals surface area contributed by atoms with E-state index in [1.165, 1.54) is 6.42 Å². The zero-order valence-corrected chi connectivity index (χ0v) is 12.6. The van der Waals surface area contributed by atoms with Gasteiger partial charge in [0.25, 0.3) is 0 Å². The summed E-state index contributed by atoms with van der Waals surface area (Å²) in [6, 6.07) is 7.87. The highest BCUT2D eigenvalue weighted by Gasteiger charge is 2.28. The molecule has 0 unspecified atom stereocenters. The number of carbonyl (C=O) groups is 1. The largest absolute Gasteiger partial charge is 0.409 e. The van der Waals surface area contributed by atoms with Crippen LogP contribution in [0.3, 0.4) is 0 Å². The molecule has 5 heteroatoms. The van der Waals surface area contributed by atoms with Crippen LogP contribution in [-0.2, 0) is 11.2 Å². The van der Waals surface area contributed by atoms with Gasteiger partial charge < -0.3 is 15.8 Å². The molecule has 1 fully saturated rings. The number of hydrogen-bond donors (Lipinski definition) is 2. The quantitative estimate of drug-likeness (QED) is 0.387. The van der Waals surface area contributed by atoms with Crippen LogP contribution in [0.25, 0.3) is 0 Å². The van der Waals surface area contributed by atoms with Crippen molar-refractivity contribution in [2.24, 2.45) is 10.9 Å². The third kappa shape index (κ3) is 3.54. The lowest BCUT2D eigenvalue weighted by Crippen LogP contribution is -2.48. The van der Waals surface area contributed by atoms with Gasteiger partial charge in [0.05, 0.1) is 6.42 Å². The van der Waals surface area contributed by atoms with Gasteiger partial charge in [0, 0.05) is 17.6 Å². The summed E-state index contributed by atoms with van der Waals surface area (Å²) in [5.74, 6) is 0.248. The van der Waals surface area contributed by atoms with Gasteiger partial charge in [-0.1, -0.05) is 29.4 Å². The second kappa shape index (κ2) is 6.61. The summed E-state index contributed by atoms with van der Waals surface area (Å²) >= 11 is 0. The van der Waals surface area contributed by atoms with Gasteiger partial charge in [-0.2, -0.15) is 0 Å². The number of hydrogen-bond acceptors (Lipinski definition) is 3. The SMILES string of the molecule is C[C@@H]1CCC[C@H](C)N1C(=O)Cc1ccc(/C(N)=N/O)cc1. The van der Waals surface area contributed by atoms with Gasteiger partial charge in [0.2, 0.25) is 5.91 Å². The molecule has 0 saturated carbocycles. The third-order valence-corrected chi connectivity index (χ3v) is 4.19. The lowest BCUT2D eigenvalue weighted by molar-refractivity contribution is -0.136. The van der Waals surface area contributed by atoms with E-state index in [4.69, 9.17) is 10.9 Å². The van der Waals surface area contributed by atoms with Crippen LogP contribution in [0.2, 0.25) is 0 Å². The summed E-state index contributed by atoms with van der Waals surface area (Å²) in [4.78, 5) is 14.5. The molecule has 5 nitrogen and oxygen atoms in total. The predicted molar refractivity (Wildman–Crippen MR) is 82.3 cm³/mol. The fourth-order valence-corrected chi connectivity index (χ4v) is 3.03. The zero-order chi connectivity index (χ0) is 15.4. The van der Waals surface area contributed by atoms with Crippen molar-refractivity contribution in [2.75, 3.05) is 0 Å². The first-order chi connectivity index (χ1) is 10.0. The summed E-state index contributed by atoms with van der Waals surface area (Å²) < 4.78 is 0. The van der Waals surface area contributed by atoms with Crippen LogP contribution in [0.4, 0.5) is 0 Å². The molecule has 1 aliphatic rings. The zero-order valence-electron chi connectivity index (χ0n) is 12.6. The Balaban J connectivity index is 2.05.